The maximum atomic E-state index is 5.87. The van der Waals surface area contributed by atoms with Gasteiger partial charge in [-0.15, -0.1) is 0 Å². The zero-order valence-corrected chi connectivity index (χ0v) is 19.9. The fraction of sp³-hybridized carbons (Fsp3) is 0.545. The molecular weight excluding hydrogens is 336 g/mol. The number of hydrogen-bond acceptors (Lipinski definition) is 1. The van der Waals surface area contributed by atoms with E-state index in [1.807, 2.05) is 7.11 Å². The standard InChI is InChI=1S/C22H36OSi2/c1-16-14-17(2)21(23-6)20(15-16)24(7,8)18-12-11-13-19(18)25(9,10)22(3,4)5/h11,13-15H,12H2,1-10H3. The van der Waals surface area contributed by atoms with Crippen LogP contribution < -0.4 is 9.92 Å². The number of methoxy groups -OCH3 is 1. The third-order valence-corrected chi connectivity index (χ3v) is 16.0. The fourth-order valence-corrected chi connectivity index (χ4v) is 11.2. The highest BCUT2D eigenvalue weighted by Gasteiger charge is 2.43. The molecule has 0 aromatic heterocycles. The van der Waals surface area contributed by atoms with Gasteiger partial charge >= 0.3 is 0 Å². The third-order valence-electron chi connectivity index (χ3n) is 6.53. The third kappa shape index (κ3) is 3.46. The predicted molar refractivity (Wildman–Crippen MR) is 118 cm³/mol. The quantitative estimate of drug-likeness (QED) is 0.583. The molecule has 0 saturated carbocycles. The molecule has 0 heterocycles. The first kappa shape index (κ1) is 20.2. The summed E-state index contributed by atoms with van der Waals surface area (Å²) >= 11 is 0. The van der Waals surface area contributed by atoms with E-state index in [0.29, 0.717) is 5.04 Å². The van der Waals surface area contributed by atoms with E-state index in [2.05, 4.69) is 85.1 Å². The molecule has 0 aliphatic heterocycles. The molecule has 0 unspecified atom stereocenters. The van der Waals surface area contributed by atoms with Crippen molar-refractivity contribution in [2.75, 3.05) is 7.11 Å². The summed E-state index contributed by atoms with van der Waals surface area (Å²) in [7, 11) is -1.52. The van der Waals surface area contributed by atoms with Crippen molar-refractivity contribution in [2.45, 2.75) is 72.3 Å². The highest BCUT2D eigenvalue weighted by atomic mass is 28.3. The molecule has 1 aromatic carbocycles. The van der Waals surface area contributed by atoms with Crippen molar-refractivity contribution in [2.24, 2.45) is 0 Å². The molecule has 0 saturated heterocycles. The number of benzene rings is 1. The summed E-state index contributed by atoms with van der Waals surface area (Å²) in [5, 5.41) is 5.24. The van der Waals surface area contributed by atoms with Crippen LogP contribution in [0.25, 0.3) is 0 Å². The molecule has 25 heavy (non-hydrogen) atoms. The molecule has 0 spiro atoms. The maximum absolute atomic E-state index is 5.87. The Labute approximate surface area is 157 Å². The average Bonchev–Trinajstić information content (AvgIpc) is 2.96. The van der Waals surface area contributed by atoms with Crippen molar-refractivity contribution in [1.82, 2.24) is 0 Å². The van der Waals surface area contributed by atoms with Gasteiger partial charge in [0.05, 0.1) is 15.2 Å². The van der Waals surface area contributed by atoms with Gasteiger partial charge < -0.3 is 4.74 Å². The number of hydrogen-bond donors (Lipinski definition) is 0. The van der Waals surface area contributed by atoms with Crippen LogP contribution >= 0.6 is 0 Å². The van der Waals surface area contributed by atoms with Crippen LogP contribution in [0.2, 0.25) is 31.2 Å². The van der Waals surface area contributed by atoms with Crippen molar-refractivity contribution in [3.05, 3.63) is 45.8 Å². The molecule has 0 atom stereocenters. The molecule has 1 aromatic rings. The van der Waals surface area contributed by atoms with Crippen LogP contribution in [0.5, 0.6) is 5.75 Å². The van der Waals surface area contributed by atoms with Crippen molar-refractivity contribution in [3.8, 4) is 5.75 Å². The molecule has 0 amide bonds. The van der Waals surface area contributed by atoms with Gasteiger partial charge in [0.25, 0.3) is 0 Å². The van der Waals surface area contributed by atoms with Crippen LogP contribution in [-0.2, 0) is 0 Å². The molecule has 2 rings (SSSR count). The van der Waals surface area contributed by atoms with Gasteiger partial charge in [0.1, 0.15) is 13.8 Å². The minimum atomic E-state index is -1.80. The van der Waals surface area contributed by atoms with E-state index in [0.717, 1.165) is 12.2 Å². The first-order valence-electron chi connectivity index (χ1n) is 9.40. The molecular formula is C22H36OSi2. The zero-order chi connectivity index (χ0) is 19.2. The van der Waals surface area contributed by atoms with Crippen molar-refractivity contribution in [3.63, 3.8) is 0 Å². The Hall–Kier alpha value is -1.07. The maximum Gasteiger partial charge on any atom is 0.121 e. The summed E-state index contributed by atoms with van der Waals surface area (Å²) in [5.74, 6) is 1.11. The number of rotatable bonds is 4. The minimum Gasteiger partial charge on any atom is -0.497 e. The van der Waals surface area contributed by atoms with Crippen LogP contribution in [0.15, 0.2) is 34.7 Å². The van der Waals surface area contributed by atoms with E-state index in [-0.39, 0.29) is 0 Å². The van der Waals surface area contributed by atoms with Crippen molar-refractivity contribution < 1.29 is 4.74 Å². The minimum absolute atomic E-state index is 0.360. The summed E-state index contributed by atoms with van der Waals surface area (Å²) < 4.78 is 5.87. The Morgan fingerprint density at radius 1 is 1.00 bits per heavy atom. The second kappa shape index (κ2) is 6.58. The van der Waals surface area contributed by atoms with Gasteiger partial charge in [-0.2, -0.15) is 0 Å². The van der Waals surface area contributed by atoms with E-state index in [4.69, 9.17) is 4.74 Å². The van der Waals surface area contributed by atoms with Gasteiger partial charge in [0.2, 0.25) is 0 Å². The number of ether oxygens (including phenoxy) is 1. The second-order valence-electron chi connectivity index (χ2n) is 9.66. The number of aryl methyl sites for hydroxylation is 2. The Kier molecular flexibility index (Phi) is 5.33. The molecule has 138 valence electrons. The first-order chi connectivity index (χ1) is 11.3. The summed E-state index contributed by atoms with van der Waals surface area (Å²) in [5.41, 5.74) is 2.60. The lowest BCUT2D eigenvalue weighted by molar-refractivity contribution is 0.414. The Morgan fingerprint density at radius 2 is 1.60 bits per heavy atom. The Morgan fingerprint density at radius 3 is 2.12 bits per heavy atom. The molecule has 0 radical (unpaired) electrons. The molecule has 3 heteroatoms. The Bertz CT molecular complexity index is 731. The monoisotopic (exact) mass is 372 g/mol. The average molecular weight is 373 g/mol. The summed E-state index contributed by atoms with van der Waals surface area (Å²) in [4.78, 5) is 0. The molecule has 0 bridgehead atoms. The molecule has 1 nitrogen and oxygen atoms in total. The molecule has 1 aliphatic carbocycles. The highest BCUT2D eigenvalue weighted by Crippen LogP contribution is 2.45. The van der Waals surface area contributed by atoms with E-state index in [9.17, 15) is 0 Å². The zero-order valence-electron chi connectivity index (χ0n) is 17.9. The van der Waals surface area contributed by atoms with Gasteiger partial charge in [0.15, 0.2) is 0 Å². The largest absolute Gasteiger partial charge is 0.497 e. The van der Waals surface area contributed by atoms with E-state index >= 15 is 0 Å². The highest BCUT2D eigenvalue weighted by molar-refractivity contribution is 6.99. The second-order valence-corrected chi connectivity index (χ2v) is 19.3. The topological polar surface area (TPSA) is 9.23 Å². The van der Waals surface area contributed by atoms with E-state index in [1.165, 1.54) is 16.3 Å². The Balaban J connectivity index is 2.70. The van der Waals surface area contributed by atoms with Crippen LogP contribution in [0, 0.1) is 13.8 Å². The van der Waals surface area contributed by atoms with Crippen LogP contribution in [0.1, 0.15) is 38.3 Å². The SMILES string of the molecule is COc1c(C)cc(C)cc1[Si](C)(C)C1=C([Si](C)(C)C(C)(C)C)C=CC1. The lowest BCUT2D eigenvalue weighted by Gasteiger charge is -2.41. The summed E-state index contributed by atoms with van der Waals surface area (Å²) in [6, 6.07) is 4.62. The van der Waals surface area contributed by atoms with Crippen LogP contribution in [0.4, 0.5) is 0 Å². The van der Waals surface area contributed by atoms with Crippen LogP contribution in [0.3, 0.4) is 0 Å². The van der Waals surface area contributed by atoms with E-state index in [1.54, 1.807) is 10.4 Å². The van der Waals surface area contributed by atoms with Gasteiger partial charge in [0, 0.05) is 0 Å². The molecule has 1 aliphatic rings. The van der Waals surface area contributed by atoms with Crippen molar-refractivity contribution >= 4 is 21.3 Å². The fourth-order valence-electron chi connectivity index (χ4n) is 3.94. The normalized spacial score (nSPS) is 15.9. The van der Waals surface area contributed by atoms with Gasteiger partial charge in [-0.05, 0) is 36.1 Å². The smallest absolute Gasteiger partial charge is 0.121 e. The molecule has 0 N–H and O–H groups in total. The summed E-state index contributed by atoms with van der Waals surface area (Å²) in [6.07, 6.45) is 5.98. The van der Waals surface area contributed by atoms with Gasteiger partial charge in [-0.1, -0.05) is 87.2 Å². The lowest BCUT2D eigenvalue weighted by Crippen LogP contribution is -2.48. The molecule has 0 fully saturated rings. The van der Waals surface area contributed by atoms with Gasteiger partial charge in [-0.3, -0.25) is 0 Å². The predicted octanol–water partition coefficient (Wildman–Crippen LogP) is 6.07. The summed E-state index contributed by atoms with van der Waals surface area (Å²) in [6.45, 7) is 21.7. The van der Waals surface area contributed by atoms with Gasteiger partial charge in [-0.25, -0.2) is 0 Å². The lowest BCUT2D eigenvalue weighted by atomic mass is 10.1. The first-order valence-corrected chi connectivity index (χ1v) is 15.4. The van der Waals surface area contributed by atoms with E-state index < -0.39 is 16.1 Å². The van der Waals surface area contributed by atoms with Crippen LogP contribution in [-0.4, -0.2) is 23.3 Å². The number of allylic oxidation sites excluding steroid dienone is 4. The van der Waals surface area contributed by atoms with Crippen molar-refractivity contribution in [1.29, 1.82) is 0 Å².